The van der Waals surface area contributed by atoms with Gasteiger partial charge in [0.15, 0.2) is 6.86 Å². The molecule has 14 heavy (non-hydrogen) atoms. The topological polar surface area (TPSA) is 9.23 Å². The average molecular weight is 224 g/mol. The van der Waals surface area contributed by atoms with E-state index in [1.165, 1.54) is 0 Å². The molecule has 0 radical (unpaired) electrons. The molecule has 0 amide bonds. The Hall–Kier alpha value is -0.460. The van der Waals surface area contributed by atoms with Gasteiger partial charge in [0.25, 0.3) is 0 Å². The van der Waals surface area contributed by atoms with E-state index in [2.05, 4.69) is 4.74 Å². The van der Waals surface area contributed by atoms with Gasteiger partial charge in [0.05, 0.1) is 12.0 Å². The number of hydrogen-bond acceptors (Lipinski definition) is 1. The van der Waals surface area contributed by atoms with Crippen LogP contribution in [-0.2, 0) is 4.74 Å². The minimum Gasteiger partial charge on any atom is -0.344 e. The molecular formula is C7H10F6O. The Morgan fingerprint density at radius 2 is 1.57 bits per heavy atom. The van der Waals surface area contributed by atoms with Crippen LogP contribution >= 0.6 is 0 Å². The highest BCUT2D eigenvalue weighted by Gasteiger charge is 2.41. The van der Waals surface area contributed by atoms with Crippen molar-refractivity contribution < 1.29 is 31.1 Å². The standard InChI is InChI=1S/C7H10F6O/c8-2-5(7(11,12)13)1-6(3-9)14-4-10/h5-6H,1-4H2. The molecule has 0 aromatic carbocycles. The Kier molecular flexibility index (Phi) is 5.90. The zero-order valence-corrected chi connectivity index (χ0v) is 7.16. The first-order chi connectivity index (χ1) is 6.45. The number of ether oxygens (including phenoxy) is 1. The maximum absolute atomic E-state index is 11.9. The molecule has 0 rings (SSSR count). The van der Waals surface area contributed by atoms with Gasteiger partial charge in [-0.25, -0.2) is 8.78 Å². The molecule has 0 bridgehead atoms. The lowest BCUT2D eigenvalue weighted by atomic mass is 10.0. The van der Waals surface area contributed by atoms with Gasteiger partial charge in [0, 0.05) is 0 Å². The van der Waals surface area contributed by atoms with Crippen LogP contribution < -0.4 is 0 Å². The molecule has 0 saturated heterocycles. The summed E-state index contributed by atoms with van der Waals surface area (Å²) in [6.45, 7) is -4.31. The van der Waals surface area contributed by atoms with Crippen molar-refractivity contribution in [1.82, 2.24) is 0 Å². The molecule has 0 heterocycles. The molecule has 0 N–H and O–H groups in total. The number of rotatable bonds is 6. The van der Waals surface area contributed by atoms with E-state index in [0.29, 0.717) is 0 Å². The molecule has 0 aromatic rings. The van der Waals surface area contributed by atoms with Gasteiger partial charge in [0.1, 0.15) is 13.3 Å². The molecule has 2 unspecified atom stereocenters. The maximum atomic E-state index is 11.9. The smallest absolute Gasteiger partial charge is 0.344 e. The zero-order chi connectivity index (χ0) is 11.2. The minimum atomic E-state index is -4.75. The molecule has 1 nitrogen and oxygen atoms in total. The number of hydrogen-bond donors (Lipinski definition) is 0. The van der Waals surface area contributed by atoms with Gasteiger partial charge in [-0.3, -0.25) is 4.39 Å². The highest BCUT2D eigenvalue weighted by molar-refractivity contribution is 4.71. The van der Waals surface area contributed by atoms with Crippen LogP contribution in [-0.4, -0.2) is 32.5 Å². The van der Waals surface area contributed by atoms with Crippen molar-refractivity contribution in [3.05, 3.63) is 0 Å². The lowest BCUT2D eigenvalue weighted by Gasteiger charge is -2.20. The maximum Gasteiger partial charge on any atom is 0.394 e. The lowest BCUT2D eigenvalue weighted by Crippen LogP contribution is -2.31. The Labute approximate surface area is 77.0 Å². The van der Waals surface area contributed by atoms with E-state index in [1.807, 2.05) is 0 Å². The normalized spacial score (nSPS) is 16.7. The summed E-state index contributed by atoms with van der Waals surface area (Å²) in [5.41, 5.74) is 0. The second kappa shape index (κ2) is 6.10. The van der Waals surface area contributed by atoms with Crippen LogP contribution in [0, 0.1) is 5.92 Å². The van der Waals surface area contributed by atoms with E-state index < -0.39 is 44.8 Å². The first-order valence-corrected chi connectivity index (χ1v) is 3.81. The molecular weight excluding hydrogens is 214 g/mol. The van der Waals surface area contributed by atoms with Crippen LogP contribution in [0.25, 0.3) is 0 Å². The van der Waals surface area contributed by atoms with E-state index in [1.54, 1.807) is 0 Å². The first kappa shape index (κ1) is 13.5. The second-order valence-corrected chi connectivity index (χ2v) is 2.68. The third-order valence-electron chi connectivity index (χ3n) is 1.67. The van der Waals surface area contributed by atoms with E-state index in [4.69, 9.17) is 0 Å². The predicted molar refractivity (Wildman–Crippen MR) is 37.0 cm³/mol. The average Bonchev–Trinajstić information content (AvgIpc) is 2.10. The van der Waals surface area contributed by atoms with E-state index in [0.717, 1.165) is 0 Å². The van der Waals surface area contributed by atoms with Gasteiger partial charge in [-0.2, -0.15) is 13.2 Å². The van der Waals surface area contributed by atoms with Gasteiger partial charge in [-0.15, -0.1) is 0 Å². The van der Waals surface area contributed by atoms with Crippen LogP contribution in [0.2, 0.25) is 0 Å². The molecule has 0 aromatic heterocycles. The molecule has 0 saturated carbocycles. The minimum absolute atomic E-state index is 0.902. The Morgan fingerprint density at radius 3 is 1.86 bits per heavy atom. The largest absolute Gasteiger partial charge is 0.394 e. The fraction of sp³-hybridized carbons (Fsp3) is 1.00. The summed E-state index contributed by atoms with van der Waals surface area (Å²) in [6, 6.07) is 0. The summed E-state index contributed by atoms with van der Waals surface area (Å²) < 4.78 is 75.2. The molecule has 86 valence electrons. The van der Waals surface area contributed by atoms with Crippen molar-refractivity contribution >= 4 is 0 Å². The van der Waals surface area contributed by atoms with E-state index in [-0.39, 0.29) is 0 Å². The summed E-state index contributed by atoms with van der Waals surface area (Å²) in [7, 11) is 0. The Bertz CT molecular complexity index is 148. The summed E-state index contributed by atoms with van der Waals surface area (Å²) in [4.78, 5) is 0. The second-order valence-electron chi connectivity index (χ2n) is 2.68. The molecule has 7 heteroatoms. The number of alkyl halides is 6. The molecule has 0 aliphatic carbocycles. The highest BCUT2D eigenvalue weighted by atomic mass is 19.4. The van der Waals surface area contributed by atoms with Gasteiger partial charge in [-0.05, 0) is 6.42 Å². The quantitative estimate of drug-likeness (QED) is 0.630. The third kappa shape index (κ3) is 4.69. The van der Waals surface area contributed by atoms with Crippen molar-refractivity contribution in [2.75, 3.05) is 20.2 Å². The summed E-state index contributed by atoms with van der Waals surface area (Å²) in [5, 5.41) is 0. The molecule has 2 atom stereocenters. The van der Waals surface area contributed by atoms with Crippen LogP contribution in [0.3, 0.4) is 0 Å². The third-order valence-corrected chi connectivity index (χ3v) is 1.67. The fourth-order valence-corrected chi connectivity index (χ4v) is 0.866. The van der Waals surface area contributed by atoms with Gasteiger partial charge in [0.2, 0.25) is 0 Å². The molecule has 0 aliphatic heterocycles. The predicted octanol–water partition coefficient (Wildman–Crippen LogP) is 2.81. The molecule has 0 aliphatic rings. The van der Waals surface area contributed by atoms with Crippen LogP contribution in [0.1, 0.15) is 6.42 Å². The van der Waals surface area contributed by atoms with Crippen molar-refractivity contribution in [3.63, 3.8) is 0 Å². The monoisotopic (exact) mass is 224 g/mol. The molecule has 0 fully saturated rings. The highest BCUT2D eigenvalue weighted by Crippen LogP contribution is 2.30. The van der Waals surface area contributed by atoms with Crippen LogP contribution in [0.4, 0.5) is 26.3 Å². The van der Waals surface area contributed by atoms with E-state index >= 15 is 0 Å². The fourth-order valence-electron chi connectivity index (χ4n) is 0.866. The van der Waals surface area contributed by atoms with Crippen LogP contribution in [0.5, 0.6) is 0 Å². The Balaban J connectivity index is 4.14. The van der Waals surface area contributed by atoms with Crippen LogP contribution in [0.15, 0.2) is 0 Å². The Morgan fingerprint density at radius 1 is 1.00 bits per heavy atom. The SMILES string of the molecule is FCOC(CF)CC(CF)C(F)(F)F. The zero-order valence-electron chi connectivity index (χ0n) is 7.16. The summed E-state index contributed by atoms with van der Waals surface area (Å²) in [5.74, 6) is -2.30. The van der Waals surface area contributed by atoms with Gasteiger partial charge >= 0.3 is 6.18 Å². The van der Waals surface area contributed by atoms with Crippen molar-refractivity contribution in [1.29, 1.82) is 0 Å². The van der Waals surface area contributed by atoms with Crippen molar-refractivity contribution in [2.45, 2.75) is 18.7 Å². The summed E-state index contributed by atoms with van der Waals surface area (Å²) in [6.07, 6.45) is -7.19. The molecule has 0 spiro atoms. The van der Waals surface area contributed by atoms with Crippen molar-refractivity contribution in [3.8, 4) is 0 Å². The van der Waals surface area contributed by atoms with E-state index in [9.17, 15) is 26.3 Å². The number of halogens is 6. The summed E-state index contributed by atoms with van der Waals surface area (Å²) >= 11 is 0. The van der Waals surface area contributed by atoms with Gasteiger partial charge < -0.3 is 4.74 Å². The van der Waals surface area contributed by atoms with Gasteiger partial charge in [-0.1, -0.05) is 0 Å². The van der Waals surface area contributed by atoms with Crippen molar-refractivity contribution in [2.24, 2.45) is 5.92 Å². The lowest BCUT2D eigenvalue weighted by molar-refractivity contribution is -0.189. The first-order valence-electron chi connectivity index (χ1n) is 3.81.